The second-order valence-electron chi connectivity index (χ2n) is 2.78. The minimum atomic E-state index is 0.347. The average Bonchev–Trinajstić information content (AvgIpc) is 2.52. The maximum absolute atomic E-state index is 8.45. The molecule has 1 aromatic rings. The normalized spacial score (nSPS) is 12.4. The molecule has 1 unspecified atom stereocenters. The van der Waals surface area contributed by atoms with Crippen LogP contribution < -0.4 is 5.73 Å². The monoisotopic (exact) mass is 165 g/mol. The van der Waals surface area contributed by atoms with E-state index in [1.165, 1.54) is 0 Å². The van der Waals surface area contributed by atoms with Crippen LogP contribution in [0.5, 0.6) is 0 Å². The molecule has 0 fully saturated rings. The lowest BCUT2D eigenvalue weighted by atomic mass is 10.2. The van der Waals surface area contributed by atoms with Gasteiger partial charge in [-0.05, 0) is 12.5 Å². The topological polar surface area (TPSA) is 80.5 Å². The van der Waals surface area contributed by atoms with E-state index in [4.69, 9.17) is 11.0 Å². The van der Waals surface area contributed by atoms with Gasteiger partial charge >= 0.3 is 0 Å². The summed E-state index contributed by atoms with van der Waals surface area (Å²) in [5.41, 5.74) is 5.78. The Morgan fingerprint density at radius 2 is 2.58 bits per heavy atom. The second-order valence-corrected chi connectivity index (χ2v) is 2.78. The molecule has 0 radical (unpaired) electrons. The SMILES string of the molecule is CC(CN)Cn1cc(C#N)nn1. The van der Waals surface area contributed by atoms with Crippen molar-refractivity contribution in [2.45, 2.75) is 13.5 Å². The highest BCUT2D eigenvalue weighted by atomic mass is 15.4. The van der Waals surface area contributed by atoms with Crippen molar-refractivity contribution in [3.63, 3.8) is 0 Å². The van der Waals surface area contributed by atoms with Gasteiger partial charge in [-0.1, -0.05) is 12.1 Å². The van der Waals surface area contributed by atoms with Crippen molar-refractivity contribution in [1.29, 1.82) is 5.26 Å². The number of rotatable bonds is 3. The molecule has 1 aromatic heterocycles. The summed E-state index contributed by atoms with van der Waals surface area (Å²) in [7, 11) is 0. The first-order valence-electron chi connectivity index (χ1n) is 3.76. The van der Waals surface area contributed by atoms with E-state index in [1.54, 1.807) is 10.9 Å². The van der Waals surface area contributed by atoms with Gasteiger partial charge < -0.3 is 5.73 Å². The molecule has 0 amide bonds. The van der Waals surface area contributed by atoms with Gasteiger partial charge in [0.2, 0.25) is 0 Å². The molecule has 1 rings (SSSR count). The van der Waals surface area contributed by atoms with E-state index in [0.717, 1.165) is 0 Å². The lowest BCUT2D eigenvalue weighted by Gasteiger charge is -2.05. The molecule has 0 saturated heterocycles. The maximum Gasteiger partial charge on any atom is 0.182 e. The minimum Gasteiger partial charge on any atom is -0.330 e. The van der Waals surface area contributed by atoms with E-state index in [-0.39, 0.29) is 0 Å². The van der Waals surface area contributed by atoms with E-state index in [1.807, 2.05) is 13.0 Å². The molecule has 12 heavy (non-hydrogen) atoms. The molecule has 0 aliphatic carbocycles. The third-order valence-corrected chi connectivity index (χ3v) is 1.55. The van der Waals surface area contributed by atoms with Crippen molar-refractivity contribution in [3.05, 3.63) is 11.9 Å². The summed E-state index contributed by atoms with van der Waals surface area (Å²) in [4.78, 5) is 0. The molecule has 1 atom stereocenters. The molecular weight excluding hydrogens is 154 g/mol. The minimum absolute atomic E-state index is 0.347. The Morgan fingerprint density at radius 3 is 3.08 bits per heavy atom. The van der Waals surface area contributed by atoms with Crippen LogP contribution in [0.3, 0.4) is 0 Å². The molecule has 0 aliphatic rings. The van der Waals surface area contributed by atoms with Gasteiger partial charge in [-0.2, -0.15) is 5.26 Å². The predicted octanol–water partition coefficient (Wildman–Crippen LogP) is -0.255. The first-order chi connectivity index (χ1) is 5.76. The molecule has 1 heterocycles. The van der Waals surface area contributed by atoms with Crippen LogP contribution >= 0.6 is 0 Å². The van der Waals surface area contributed by atoms with E-state index in [0.29, 0.717) is 24.7 Å². The Kier molecular flexibility index (Phi) is 2.77. The van der Waals surface area contributed by atoms with Gasteiger partial charge in [0.05, 0.1) is 6.20 Å². The van der Waals surface area contributed by atoms with Gasteiger partial charge in [-0.15, -0.1) is 5.10 Å². The molecule has 0 spiro atoms. The summed E-state index contributed by atoms with van der Waals surface area (Å²) < 4.78 is 1.64. The van der Waals surface area contributed by atoms with E-state index in [2.05, 4.69) is 10.3 Å². The van der Waals surface area contributed by atoms with Crippen LogP contribution in [0, 0.1) is 17.2 Å². The first kappa shape index (κ1) is 8.68. The van der Waals surface area contributed by atoms with E-state index >= 15 is 0 Å². The molecule has 5 nitrogen and oxygen atoms in total. The molecule has 5 heteroatoms. The summed E-state index contributed by atoms with van der Waals surface area (Å²) in [6, 6.07) is 1.91. The van der Waals surface area contributed by atoms with Gasteiger partial charge in [0.25, 0.3) is 0 Å². The number of nitriles is 1. The van der Waals surface area contributed by atoms with Crippen LogP contribution in [-0.4, -0.2) is 21.5 Å². The summed E-state index contributed by atoms with van der Waals surface area (Å²) in [5, 5.41) is 15.8. The van der Waals surface area contributed by atoms with Crippen LogP contribution in [0.25, 0.3) is 0 Å². The van der Waals surface area contributed by atoms with E-state index < -0.39 is 0 Å². The highest BCUT2D eigenvalue weighted by molar-refractivity contribution is 5.12. The Bertz CT molecular complexity index is 284. The lowest BCUT2D eigenvalue weighted by Crippen LogP contribution is -2.17. The average molecular weight is 165 g/mol. The fourth-order valence-corrected chi connectivity index (χ4v) is 0.833. The smallest absolute Gasteiger partial charge is 0.182 e. The fourth-order valence-electron chi connectivity index (χ4n) is 0.833. The predicted molar refractivity (Wildman–Crippen MR) is 43.0 cm³/mol. The maximum atomic E-state index is 8.45. The molecule has 0 saturated carbocycles. The second kappa shape index (κ2) is 3.83. The third-order valence-electron chi connectivity index (χ3n) is 1.55. The Labute approximate surface area is 70.8 Å². The standard InChI is InChI=1S/C7H11N5/c1-6(2-8)4-12-5-7(3-9)10-11-12/h5-6H,2,4,8H2,1H3. The molecular formula is C7H11N5. The van der Waals surface area contributed by atoms with Gasteiger partial charge in [0.1, 0.15) is 6.07 Å². The van der Waals surface area contributed by atoms with Crippen LogP contribution in [0.4, 0.5) is 0 Å². The Morgan fingerprint density at radius 1 is 1.83 bits per heavy atom. The number of hydrogen-bond donors (Lipinski definition) is 1. The number of aromatic nitrogens is 3. The van der Waals surface area contributed by atoms with E-state index in [9.17, 15) is 0 Å². The summed E-state index contributed by atoms with van der Waals surface area (Å²) >= 11 is 0. The first-order valence-corrected chi connectivity index (χ1v) is 3.76. The number of nitrogens with zero attached hydrogens (tertiary/aromatic N) is 4. The van der Waals surface area contributed by atoms with Crippen LogP contribution in [0.2, 0.25) is 0 Å². The van der Waals surface area contributed by atoms with Crippen LogP contribution in [-0.2, 0) is 6.54 Å². The highest BCUT2D eigenvalue weighted by Crippen LogP contribution is 1.97. The Hall–Kier alpha value is -1.41. The van der Waals surface area contributed by atoms with Crippen molar-refractivity contribution in [2.24, 2.45) is 11.7 Å². The molecule has 0 aromatic carbocycles. The van der Waals surface area contributed by atoms with Crippen molar-refractivity contribution in [2.75, 3.05) is 6.54 Å². The summed E-state index contributed by atoms with van der Waals surface area (Å²) in [6.45, 7) is 3.35. The third kappa shape index (κ3) is 2.04. The number of hydrogen-bond acceptors (Lipinski definition) is 4. The van der Waals surface area contributed by atoms with Gasteiger partial charge in [0.15, 0.2) is 5.69 Å². The summed E-state index contributed by atoms with van der Waals surface area (Å²) in [5.74, 6) is 0.359. The molecule has 64 valence electrons. The zero-order chi connectivity index (χ0) is 8.97. The Balaban J connectivity index is 2.59. The van der Waals surface area contributed by atoms with Crippen molar-refractivity contribution in [1.82, 2.24) is 15.0 Å². The summed E-state index contributed by atoms with van der Waals surface area (Å²) in [6.07, 6.45) is 1.62. The lowest BCUT2D eigenvalue weighted by molar-refractivity contribution is 0.449. The van der Waals surface area contributed by atoms with Gasteiger partial charge in [-0.25, -0.2) is 0 Å². The zero-order valence-corrected chi connectivity index (χ0v) is 6.94. The molecule has 0 bridgehead atoms. The number of nitrogens with two attached hydrogens (primary N) is 1. The fraction of sp³-hybridized carbons (Fsp3) is 0.571. The van der Waals surface area contributed by atoms with Gasteiger partial charge in [-0.3, -0.25) is 4.68 Å². The van der Waals surface area contributed by atoms with Crippen LogP contribution in [0.15, 0.2) is 6.20 Å². The molecule has 2 N–H and O–H groups in total. The van der Waals surface area contributed by atoms with Crippen molar-refractivity contribution in [3.8, 4) is 6.07 Å². The zero-order valence-electron chi connectivity index (χ0n) is 6.94. The van der Waals surface area contributed by atoms with Crippen molar-refractivity contribution >= 4 is 0 Å². The largest absolute Gasteiger partial charge is 0.330 e. The highest BCUT2D eigenvalue weighted by Gasteiger charge is 2.02. The van der Waals surface area contributed by atoms with Crippen molar-refractivity contribution < 1.29 is 0 Å². The van der Waals surface area contributed by atoms with Crippen LogP contribution in [0.1, 0.15) is 12.6 Å². The quantitative estimate of drug-likeness (QED) is 0.669. The molecule has 0 aliphatic heterocycles. The van der Waals surface area contributed by atoms with Gasteiger partial charge in [0, 0.05) is 6.54 Å².